The van der Waals surface area contributed by atoms with Gasteiger partial charge in [-0.1, -0.05) is 146 Å². The molecule has 384 valence electrons. The Bertz CT molecular complexity index is 3010. The van der Waals surface area contributed by atoms with Crippen molar-refractivity contribution in [3.63, 3.8) is 0 Å². The van der Waals surface area contributed by atoms with E-state index in [0.29, 0.717) is 12.1 Å². The minimum absolute atomic E-state index is 0.0659. The van der Waals surface area contributed by atoms with Crippen LogP contribution in [-0.4, -0.2) is 62.8 Å². The van der Waals surface area contributed by atoms with E-state index in [4.69, 9.17) is 0 Å². The highest BCUT2D eigenvalue weighted by Crippen LogP contribution is 2.49. The van der Waals surface area contributed by atoms with Gasteiger partial charge in [0.05, 0.1) is 13.2 Å². The van der Waals surface area contributed by atoms with Crippen LogP contribution in [0.2, 0.25) is 0 Å². The van der Waals surface area contributed by atoms with Gasteiger partial charge in [0.1, 0.15) is 18.0 Å². The molecule has 6 heterocycles. The first kappa shape index (κ1) is 51.9. The van der Waals surface area contributed by atoms with Gasteiger partial charge in [0, 0.05) is 94.5 Å². The summed E-state index contributed by atoms with van der Waals surface area (Å²) < 4.78 is 4.37. The number of unbranched alkanes of at least 4 members (excludes halogenated alkanes) is 3. The summed E-state index contributed by atoms with van der Waals surface area (Å²) in [5.74, 6) is 2.89. The lowest BCUT2D eigenvalue weighted by atomic mass is 9.62. The van der Waals surface area contributed by atoms with E-state index >= 15 is 0 Å². The van der Waals surface area contributed by atoms with Gasteiger partial charge >= 0.3 is 0 Å². The van der Waals surface area contributed by atoms with E-state index < -0.39 is 0 Å². The predicted octanol–water partition coefficient (Wildman–Crippen LogP) is 12.9. The molecule has 3 aromatic carbocycles. The maximum absolute atomic E-state index is 4.69. The van der Waals surface area contributed by atoms with Gasteiger partial charge in [-0.3, -0.25) is 4.90 Å². The van der Waals surface area contributed by atoms with Crippen LogP contribution in [-0.2, 0) is 31.7 Å². The summed E-state index contributed by atoms with van der Waals surface area (Å²) in [6.07, 6.45) is 28.0. The molecule has 2 N–H and O–H groups in total. The summed E-state index contributed by atoms with van der Waals surface area (Å²) in [6.45, 7) is 26.8. The quantitative estimate of drug-likeness (QED) is 0.0457. The van der Waals surface area contributed by atoms with Gasteiger partial charge in [-0.2, -0.15) is 0 Å². The number of halogens is 2. The normalized spacial score (nSPS) is 20.4. The minimum atomic E-state index is -0.0659. The van der Waals surface area contributed by atoms with Crippen LogP contribution in [0.15, 0.2) is 133 Å². The van der Waals surface area contributed by atoms with Crippen LogP contribution >= 0.6 is 45.2 Å². The fourth-order valence-corrected chi connectivity index (χ4v) is 13.4. The van der Waals surface area contributed by atoms with Gasteiger partial charge in [0.15, 0.2) is 0 Å². The van der Waals surface area contributed by atoms with E-state index in [1.165, 1.54) is 133 Å². The number of alkyl halides is 2. The lowest BCUT2D eigenvalue weighted by molar-refractivity contribution is 0.189. The van der Waals surface area contributed by atoms with Crippen molar-refractivity contribution < 1.29 is 0 Å². The maximum Gasteiger partial charge on any atom is 0.133 e. The molecule has 0 radical (unpaired) electrons. The van der Waals surface area contributed by atoms with Gasteiger partial charge in [-0.15, -0.1) is 10.2 Å². The molecule has 3 fully saturated rings. The second kappa shape index (κ2) is 22.3. The molecular weight excluding hydrogens is 1120 g/mol. The van der Waals surface area contributed by atoms with E-state index in [1.807, 2.05) is 6.33 Å². The van der Waals surface area contributed by atoms with E-state index in [-0.39, 0.29) is 6.84 Å². The van der Waals surface area contributed by atoms with Crippen molar-refractivity contribution in [2.45, 2.75) is 136 Å². The molecule has 0 bridgehead atoms. The third-order valence-corrected chi connectivity index (χ3v) is 18.2. The third-order valence-electron chi connectivity index (χ3n) is 17.0. The van der Waals surface area contributed by atoms with Crippen LogP contribution < -0.4 is 26.2 Å². The number of piperidine rings is 2. The van der Waals surface area contributed by atoms with Crippen molar-refractivity contribution in [1.82, 2.24) is 34.4 Å². The second-order valence-electron chi connectivity index (χ2n) is 22.2. The zero-order chi connectivity index (χ0) is 50.9. The fraction of sp³-hybridized carbons (Fsp3) is 0.452. The van der Waals surface area contributed by atoms with Gasteiger partial charge in [0.2, 0.25) is 0 Å². The number of aromatic nitrogens is 4. The summed E-state index contributed by atoms with van der Waals surface area (Å²) in [5.41, 5.74) is 11.8. The van der Waals surface area contributed by atoms with Gasteiger partial charge in [0.25, 0.3) is 0 Å². The van der Waals surface area contributed by atoms with Crippen molar-refractivity contribution in [3.8, 4) is 0 Å². The van der Waals surface area contributed by atoms with Crippen LogP contribution in [0.1, 0.15) is 126 Å². The predicted molar refractivity (Wildman–Crippen MR) is 322 cm³/mol. The first-order valence-electron chi connectivity index (χ1n) is 27.3. The molecule has 0 spiro atoms. The van der Waals surface area contributed by atoms with E-state index in [1.54, 1.807) is 0 Å². The molecule has 11 heteroatoms. The summed E-state index contributed by atoms with van der Waals surface area (Å²) >= 11 is 5.21. The lowest BCUT2D eigenvalue weighted by Crippen LogP contribution is -2.44. The molecule has 5 aromatic rings. The first-order valence-corrected chi connectivity index (χ1v) is 29.4. The minimum Gasteiger partial charge on any atom is -0.384 e. The molecule has 2 atom stereocenters. The Morgan fingerprint density at radius 3 is 2.27 bits per heavy atom. The Balaban J connectivity index is 0.641. The molecule has 5 aliphatic rings. The van der Waals surface area contributed by atoms with Crippen LogP contribution in [0.3, 0.4) is 0 Å². The molecule has 2 saturated heterocycles. The average molecular weight is 1200 g/mol. The number of anilines is 2. The number of allylic oxidation sites excluding steroid dienone is 2. The van der Waals surface area contributed by atoms with E-state index in [0.717, 1.165) is 85.6 Å². The van der Waals surface area contributed by atoms with Crippen LogP contribution in [0.4, 0.5) is 11.4 Å². The molecule has 73 heavy (non-hydrogen) atoms. The Hall–Kier alpha value is -4.60. The Morgan fingerprint density at radius 1 is 0.849 bits per heavy atom. The molecule has 1 aliphatic carbocycles. The average Bonchev–Trinajstić information content (AvgIpc) is 4.01. The van der Waals surface area contributed by atoms with Gasteiger partial charge < -0.3 is 29.6 Å². The Labute approximate surface area is 462 Å². The monoisotopic (exact) mass is 1200 g/mol. The number of hydrogen-bond donors (Lipinski definition) is 2. The van der Waals surface area contributed by atoms with Crippen molar-refractivity contribution >= 4 is 80.5 Å². The van der Waals surface area contributed by atoms with Crippen molar-refractivity contribution in [1.29, 1.82) is 0 Å². The number of nitrogens with one attached hydrogen (secondary N) is 2. The first-order chi connectivity index (χ1) is 35.2. The van der Waals surface area contributed by atoms with Crippen molar-refractivity contribution in [3.05, 3.63) is 166 Å². The smallest absolute Gasteiger partial charge is 0.133 e. The standard InChI is InChI=1S/C62H77I2N9/c1-43-23-28-57(44(2)67-43)73-45(3)54-21-14-22-56(60(54)46(73)4)65-33-12-11-18-49-26-24-48(25-27-49)16-9-8-10-17-50-29-34-70(35-30-50)39-51-36-55(61(6,63)64)58-41-71(47(5)72(58)40-51)53-20-13-19-52(37-53)62(31-15-32-62)38-59-68-66-42-69(59)7/h13-14,19-22,24-27,36-37,40-42,44,50,57,65,67H,1,3-5,8-12,15-18,23,28-35,38-39H2,2,6-7H3. The topological polar surface area (TPSA) is 69.4 Å². The number of benzene rings is 3. The Morgan fingerprint density at radius 2 is 1.59 bits per heavy atom. The number of aryl methyl sites for hydroxylation is 3. The van der Waals surface area contributed by atoms with E-state index in [2.05, 4.69) is 222 Å². The molecule has 1 saturated carbocycles. The van der Waals surface area contributed by atoms with E-state index in [9.17, 15) is 0 Å². The van der Waals surface area contributed by atoms with Crippen molar-refractivity contribution in [2.24, 2.45) is 13.0 Å². The number of nitrogens with zero attached hydrogens (tertiary/aromatic N) is 7. The largest absolute Gasteiger partial charge is 0.384 e. The SMILES string of the molecule is C=C1CCC(n2c(=C)c3cccc(NCCCCc4ccc(CCCCCC5CCN(CC6=CN7C(=C)N(c8cccc(C9(Cc%10nncn%10C)CCC9)c8)C=C7C(C(C)(I)I)=C6)CC5)cc4)c3c2=C)C(C)N1. The zero-order valence-electron chi connectivity index (χ0n) is 43.7. The molecule has 2 aromatic heterocycles. The van der Waals surface area contributed by atoms with Crippen molar-refractivity contribution in [2.75, 3.05) is 36.4 Å². The molecule has 10 rings (SSSR count). The number of fused-ring (bicyclic) bond motifs is 2. The molecule has 2 unspecified atom stereocenters. The third kappa shape index (κ3) is 11.3. The molecular formula is C62H77I2N9. The summed E-state index contributed by atoms with van der Waals surface area (Å²) in [7, 11) is 2.05. The van der Waals surface area contributed by atoms with Gasteiger partial charge in [-0.25, -0.2) is 0 Å². The van der Waals surface area contributed by atoms with Crippen LogP contribution in [0.5, 0.6) is 0 Å². The number of rotatable bonds is 20. The Kier molecular flexibility index (Phi) is 15.9. The highest BCUT2D eigenvalue weighted by atomic mass is 127. The van der Waals surface area contributed by atoms with Crippen LogP contribution in [0, 0.1) is 5.92 Å². The summed E-state index contributed by atoms with van der Waals surface area (Å²) in [5, 5.41) is 20.5. The summed E-state index contributed by atoms with van der Waals surface area (Å²) in [4.78, 5) is 7.34. The van der Waals surface area contributed by atoms with Crippen LogP contribution in [0.25, 0.3) is 23.9 Å². The maximum atomic E-state index is 4.69. The highest BCUT2D eigenvalue weighted by molar-refractivity contribution is 14.2. The molecule has 0 amide bonds. The summed E-state index contributed by atoms with van der Waals surface area (Å²) in [6, 6.07) is 25.8. The number of hydrogen-bond acceptors (Lipinski definition) is 7. The molecule has 4 aliphatic heterocycles. The zero-order valence-corrected chi connectivity index (χ0v) is 48.1. The fourth-order valence-electron chi connectivity index (χ4n) is 12.6. The second-order valence-corrected chi connectivity index (χ2v) is 28.6. The highest BCUT2D eigenvalue weighted by Gasteiger charge is 2.41. The lowest BCUT2D eigenvalue weighted by Gasteiger charge is -2.42. The molecule has 9 nitrogen and oxygen atoms in total. The van der Waals surface area contributed by atoms with Gasteiger partial charge in [-0.05, 0) is 150 Å². The number of likely N-dealkylation sites (tertiary alicyclic amines) is 1.